The number of pyridine rings is 1. The Hall–Kier alpha value is -1.17. The summed E-state index contributed by atoms with van der Waals surface area (Å²) in [6.07, 6.45) is 4.71. The third-order valence-corrected chi connectivity index (χ3v) is 4.68. The number of halogens is 1. The SMILES string of the molecule is CCC1(OC)C(=O)N(C2CCCCO2)c2nccc(Cl)c21. The molecule has 0 saturated carbocycles. The Morgan fingerprint density at radius 3 is 3.00 bits per heavy atom. The van der Waals surface area contributed by atoms with Gasteiger partial charge < -0.3 is 9.47 Å². The average molecular weight is 311 g/mol. The van der Waals surface area contributed by atoms with Crippen molar-refractivity contribution < 1.29 is 14.3 Å². The normalized spacial score (nSPS) is 28.8. The Morgan fingerprint density at radius 2 is 2.38 bits per heavy atom. The summed E-state index contributed by atoms with van der Waals surface area (Å²) in [4.78, 5) is 19.0. The van der Waals surface area contributed by atoms with Gasteiger partial charge in [0.1, 0.15) is 12.0 Å². The molecule has 1 aromatic heterocycles. The van der Waals surface area contributed by atoms with Gasteiger partial charge in [-0.05, 0) is 31.7 Å². The monoisotopic (exact) mass is 310 g/mol. The predicted octanol–water partition coefficient (Wildman–Crippen LogP) is 2.86. The zero-order chi connectivity index (χ0) is 15.0. The highest BCUT2D eigenvalue weighted by Gasteiger charge is 2.54. The van der Waals surface area contributed by atoms with E-state index < -0.39 is 5.60 Å². The van der Waals surface area contributed by atoms with Crippen LogP contribution < -0.4 is 4.90 Å². The number of ether oxygens (including phenoxy) is 2. The number of hydrogen-bond acceptors (Lipinski definition) is 4. The van der Waals surface area contributed by atoms with Gasteiger partial charge in [-0.25, -0.2) is 4.98 Å². The molecule has 0 spiro atoms. The van der Waals surface area contributed by atoms with Gasteiger partial charge in [-0.2, -0.15) is 0 Å². The summed E-state index contributed by atoms with van der Waals surface area (Å²) in [7, 11) is 1.54. The Balaban J connectivity index is 2.12. The lowest BCUT2D eigenvalue weighted by atomic mass is 9.93. The molecule has 2 aliphatic heterocycles. The van der Waals surface area contributed by atoms with E-state index in [1.54, 1.807) is 24.3 Å². The first-order valence-corrected chi connectivity index (χ1v) is 7.69. The van der Waals surface area contributed by atoms with Gasteiger partial charge in [-0.3, -0.25) is 9.69 Å². The van der Waals surface area contributed by atoms with E-state index in [9.17, 15) is 4.79 Å². The third kappa shape index (κ3) is 2.06. The predicted molar refractivity (Wildman–Crippen MR) is 79.3 cm³/mol. The number of anilines is 1. The molecule has 2 unspecified atom stereocenters. The second-order valence-corrected chi connectivity index (χ2v) is 5.78. The van der Waals surface area contributed by atoms with Crippen molar-refractivity contribution in [1.82, 2.24) is 4.98 Å². The van der Waals surface area contributed by atoms with Crippen molar-refractivity contribution in [3.05, 3.63) is 22.8 Å². The van der Waals surface area contributed by atoms with Crippen LogP contribution in [-0.2, 0) is 19.9 Å². The number of nitrogens with zero attached hydrogens (tertiary/aromatic N) is 2. The van der Waals surface area contributed by atoms with Crippen molar-refractivity contribution in [2.75, 3.05) is 18.6 Å². The molecule has 0 bridgehead atoms. The Morgan fingerprint density at radius 1 is 1.57 bits per heavy atom. The van der Waals surface area contributed by atoms with Crippen LogP contribution in [0, 0.1) is 0 Å². The summed E-state index contributed by atoms with van der Waals surface area (Å²) in [6, 6.07) is 1.70. The molecule has 2 aliphatic rings. The van der Waals surface area contributed by atoms with E-state index in [2.05, 4.69) is 4.98 Å². The first kappa shape index (κ1) is 14.8. The van der Waals surface area contributed by atoms with Crippen LogP contribution in [0.5, 0.6) is 0 Å². The Bertz CT molecular complexity index is 554. The van der Waals surface area contributed by atoms with Crippen LogP contribution in [0.3, 0.4) is 0 Å². The second kappa shape index (κ2) is 5.55. The zero-order valence-electron chi connectivity index (χ0n) is 12.3. The minimum absolute atomic E-state index is 0.130. The highest BCUT2D eigenvalue weighted by molar-refractivity contribution is 6.33. The third-order valence-electron chi connectivity index (χ3n) is 4.37. The van der Waals surface area contributed by atoms with Crippen LogP contribution in [0.2, 0.25) is 5.02 Å². The largest absolute Gasteiger partial charge is 0.363 e. The molecule has 1 saturated heterocycles. The molecule has 3 heterocycles. The molecule has 114 valence electrons. The number of carbonyl (C=O) groups excluding carboxylic acids is 1. The second-order valence-electron chi connectivity index (χ2n) is 5.37. The molecule has 0 aliphatic carbocycles. The van der Waals surface area contributed by atoms with E-state index in [4.69, 9.17) is 21.1 Å². The van der Waals surface area contributed by atoms with Gasteiger partial charge >= 0.3 is 0 Å². The summed E-state index contributed by atoms with van der Waals surface area (Å²) in [6.45, 7) is 2.58. The smallest absolute Gasteiger partial charge is 0.267 e. The number of methoxy groups -OCH3 is 1. The van der Waals surface area contributed by atoms with E-state index in [-0.39, 0.29) is 12.1 Å². The quantitative estimate of drug-likeness (QED) is 0.861. The van der Waals surface area contributed by atoms with Crippen LogP contribution >= 0.6 is 11.6 Å². The summed E-state index contributed by atoms with van der Waals surface area (Å²) in [5.74, 6) is 0.443. The van der Waals surface area contributed by atoms with E-state index in [0.29, 0.717) is 29.4 Å². The molecule has 2 atom stereocenters. The highest BCUT2D eigenvalue weighted by Crippen LogP contribution is 2.48. The van der Waals surface area contributed by atoms with E-state index in [1.807, 2.05) is 6.92 Å². The number of carbonyl (C=O) groups is 1. The van der Waals surface area contributed by atoms with E-state index in [1.165, 1.54) is 0 Å². The molecule has 0 N–H and O–H groups in total. The molecule has 3 rings (SSSR count). The van der Waals surface area contributed by atoms with Crippen LogP contribution in [0.25, 0.3) is 0 Å². The van der Waals surface area contributed by atoms with Gasteiger partial charge in [0.05, 0.1) is 10.6 Å². The summed E-state index contributed by atoms with van der Waals surface area (Å²) >= 11 is 6.34. The fraction of sp³-hybridized carbons (Fsp3) is 0.600. The van der Waals surface area contributed by atoms with Crippen LogP contribution in [0.1, 0.15) is 38.2 Å². The zero-order valence-corrected chi connectivity index (χ0v) is 13.0. The first-order valence-electron chi connectivity index (χ1n) is 7.31. The molecule has 21 heavy (non-hydrogen) atoms. The van der Waals surface area contributed by atoms with Crippen molar-refractivity contribution in [3.8, 4) is 0 Å². The minimum atomic E-state index is -1.05. The Kier molecular flexibility index (Phi) is 3.90. The van der Waals surface area contributed by atoms with Gasteiger partial charge in [-0.1, -0.05) is 18.5 Å². The topological polar surface area (TPSA) is 51.7 Å². The molecule has 1 fully saturated rings. The number of hydrogen-bond donors (Lipinski definition) is 0. The van der Waals surface area contributed by atoms with Crippen molar-refractivity contribution in [2.24, 2.45) is 0 Å². The minimum Gasteiger partial charge on any atom is -0.363 e. The van der Waals surface area contributed by atoms with Crippen LogP contribution in [-0.4, -0.2) is 30.8 Å². The standard InChI is InChI=1S/C15H19ClN2O3/c1-3-15(20-2)12-10(16)7-8-17-13(12)18(14(15)19)11-6-4-5-9-21-11/h7-8,11H,3-6,9H2,1-2H3. The number of aromatic nitrogens is 1. The lowest BCUT2D eigenvalue weighted by Crippen LogP contribution is -2.48. The fourth-order valence-electron chi connectivity index (χ4n) is 3.24. The maximum atomic E-state index is 13.0. The number of fused-ring (bicyclic) bond motifs is 1. The van der Waals surface area contributed by atoms with Crippen LogP contribution in [0.4, 0.5) is 5.82 Å². The van der Waals surface area contributed by atoms with Crippen LogP contribution in [0.15, 0.2) is 12.3 Å². The van der Waals surface area contributed by atoms with E-state index in [0.717, 1.165) is 19.3 Å². The molecule has 0 radical (unpaired) electrons. The molecular weight excluding hydrogens is 292 g/mol. The number of rotatable bonds is 3. The molecule has 1 amide bonds. The van der Waals surface area contributed by atoms with Gasteiger partial charge in [-0.15, -0.1) is 0 Å². The van der Waals surface area contributed by atoms with Crippen molar-refractivity contribution in [1.29, 1.82) is 0 Å². The lowest BCUT2D eigenvalue weighted by Gasteiger charge is -2.32. The first-order chi connectivity index (χ1) is 10.2. The maximum Gasteiger partial charge on any atom is 0.267 e. The summed E-state index contributed by atoms with van der Waals surface area (Å²) in [5, 5.41) is 0.510. The molecule has 0 aromatic carbocycles. The summed E-state index contributed by atoms with van der Waals surface area (Å²) in [5.41, 5.74) is -0.391. The molecular formula is C15H19ClN2O3. The molecule has 6 heteroatoms. The van der Waals surface area contributed by atoms with Crippen molar-refractivity contribution >= 4 is 23.3 Å². The lowest BCUT2D eigenvalue weighted by molar-refractivity contribution is -0.143. The highest BCUT2D eigenvalue weighted by atomic mass is 35.5. The van der Waals surface area contributed by atoms with Crippen molar-refractivity contribution in [2.45, 2.75) is 44.4 Å². The average Bonchev–Trinajstić information content (AvgIpc) is 2.78. The van der Waals surface area contributed by atoms with Gasteiger partial charge in [0, 0.05) is 19.9 Å². The van der Waals surface area contributed by atoms with Gasteiger partial charge in [0.25, 0.3) is 5.91 Å². The maximum absolute atomic E-state index is 13.0. The summed E-state index contributed by atoms with van der Waals surface area (Å²) < 4.78 is 11.4. The molecule has 5 nitrogen and oxygen atoms in total. The Labute approximate surface area is 129 Å². The van der Waals surface area contributed by atoms with Gasteiger partial charge in [0.2, 0.25) is 0 Å². The van der Waals surface area contributed by atoms with Crippen molar-refractivity contribution in [3.63, 3.8) is 0 Å². The van der Waals surface area contributed by atoms with Gasteiger partial charge in [0.15, 0.2) is 5.60 Å². The fourth-order valence-corrected chi connectivity index (χ4v) is 3.53. The molecule has 1 aromatic rings. The van der Waals surface area contributed by atoms with E-state index >= 15 is 0 Å². The number of amides is 1.